The van der Waals surface area contributed by atoms with Crippen molar-refractivity contribution in [3.05, 3.63) is 0 Å². The van der Waals surface area contributed by atoms with E-state index in [1.165, 1.54) is 0 Å². The summed E-state index contributed by atoms with van der Waals surface area (Å²) in [7, 11) is 0. The van der Waals surface area contributed by atoms with E-state index in [0.29, 0.717) is 31.7 Å². The molecule has 2 rings (SSSR count). The summed E-state index contributed by atoms with van der Waals surface area (Å²) in [5, 5.41) is 0. The second kappa shape index (κ2) is 3.37. The summed E-state index contributed by atoms with van der Waals surface area (Å²) in [5.41, 5.74) is 0.0155. The highest BCUT2D eigenvalue weighted by Gasteiger charge is 2.55. The van der Waals surface area contributed by atoms with Crippen LogP contribution in [-0.4, -0.2) is 18.4 Å². The van der Waals surface area contributed by atoms with E-state index in [4.69, 9.17) is 4.74 Å². The number of hydrogen-bond donors (Lipinski definition) is 0. The van der Waals surface area contributed by atoms with Crippen molar-refractivity contribution in [3.8, 4) is 0 Å². The Morgan fingerprint density at radius 1 is 1.57 bits per heavy atom. The topological polar surface area (TPSA) is 43.4 Å². The fraction of sp³-hybridized carbons (Fsp3) is 0.818. The Labute approximate surface area is 83.8 Å². The lowest BCUT2D eigenvalue weighted by atomic mass is 9.76. The molecule has 0 aromatic carbocycles. The lowest BCUT2D eigenvalue weighted by molar-refractivity contribution is -0.152. The van der Waals surface area contributed by atoms with Gasteiger partial charge in [-0.3, -0.25) is 9.59 Å². The third-order valence-corrected chi connectivity index (χ3v) is 3.46. The number of hydrogen-bond acceptors (Lipinski definition) is 3. The van der Waals surface area contributed by atoms with Crippen molar-refractivity contribution in [2.75, 3.05) is 6.61 Å². The van der Waals surface area contributed by atoms with E-state index in [1.807, 2.05) is 6.92 Å². The minimum absolute atomic E-state index is 0.000139. The van der Waals surface area contributed by atoms with E-state index in [9.17, 15) is 9.59 Å². The maximum absolute atomic E-state index is 11.6. The molecule has 2 aliphatic rings. The van der Waals surface area contributed by atoms with Crippen molar-refractivity contribution in [1.82, 2.24) is 0 Å². The molecule has 0 aromatic rings. The average Bonchev–Trinajstić information content (AvgIpc) is 2.85. The zero-order valence-electron chi connectivity index (χ0n) is 8.54. The third kappa shape index (κ3) is 1.56. The SMILES string of the molecule is CCOC(=O)[C@H]1CCC(=O)CC12CC2. The van der Waals surface area contributed by atoms with Crippen LogP contribution in [0.25, 0.3) is 0 Å². The lowest BCUT2D eigenvalue weighted by Crippen LogP contribution is -2.33. The van der Waals surface area contributed by atoms with E-state index >= 15 is 0 Å². The normalized spacial score (nSPS) is 28.9. The average molecular weight is 196 g/mol. The molecule has 2 saturated carbocycles. The summed E-state index contributed by atoms with van der Waals surface area (Å²) >= 11 is 0. The maximum Gasteiger partial charge on any atom is 0.309 e. The van der Waals surface area contributed by atoms with Crippen molar-refractivity contribution in [3.63, 3.8) is 0 Å². The van der Waals surface area contributed by atoms with Crippen LogP contribution in [0.4, 0.5) is 0 Å². The molecule has 0 radical (unpaired) electrons. The molecule has 2 aliphatic carbocycles. The van der Waals surface area contributed by atoms with Gasteiger partial charge in [-0.1, -0.05) is 0 Å². The van der Waals surface area contributed by atoms with Gasteiger partial charge in [-0.15, -0.1) is 0 Å². The largest absolute Gasteiger partial charge is 0.466 e. The molecule has 3 nitrogen and oxygen atoms in total. The van der Waals surface area contributed by atoms with Gasteiger partial charge in [0.1, 0.15) is 5.78 Å². The van der Waals surface area contributed by atoms with Crippen LogP contribution in [0.5, 0.6) is 0 Å². The van der Waals surface area contributed by atoms with Crippen LogP contribution in [-0.2, 0) is 14.3 Å². The third-order valence-electron chi connectivity index (χ3n) is 3.46. The van der Waals surface area contributed by atoms with Crippen LogP contribution in [0.1, 0.15) is 39.0 Å². The first-order valence-corrected chi connectivity index (χ1v) is 5.36. The lowest BCUT2D eigenvalue weighted by Gasteiger charge is -2.28. The minimum Gasteiger partial charge on any atom is -0.466 e. The Bertz CT molecular complexity index is 266. The van der Waals surface area contributed by atoms with Gasteiger partial charge in [0.2, 0.25) is 0 Å². The highest BCUT2D eigenvalue weighted by atomic mass is 16.5. The molecule has 0 amide bonds. The summed E-state index contributed by atoms with van der Waals surface area (Å²) in [6, 6.07) is 0. The quantitative estimate of drug-likeness (QED) is 0.631. The van der Waals surface area contributed by atoms with Crippen molar-refractivity contribution in [2.24, 2.45) is 11.3 Å². The first-order valence-electron chi connectivity index (χ1n) is 5.36. The monoisotopic (exact) mass is 196 g/mol. The predicted octanol–water partition coefficient (Wildman–Crippen LogP) is 1.70. The number of rotatable bonds is 2. The van der Waals surface area contributed by atoms with Crippen LogP contribution in [0.15, 0.2) is 0 Å². The number of carbonyl (C=O) groups excluding carboxylic acids is 2. The van der Waals surface area contributed by atoms with E-state index in [2.05, 4.69) is 0 Å². The van der Waals surface area contributed by atoms with Crippen molar-refractivity contribution in [2.45, 2.75) is 39.0 Å². The van der Waals surface area contributed by atoms with Gasteiger partial charge in [-0.25, -0.2) is 0 Å². The molecular formula is C11H16O3. The van der Waals surface area contributed by atoms with Crippen LogP contribution in [0, 0.1) is 11.3 Å². The van der Waals surface area contributed by atoms with Gasteiger partial charge >= 0.3 is 5.97 Å². The molecule has 1 atom stereocenters. The van der Waals surface area contributed by atoms with E-state index in [0.717, 1.165) is 12.8 Å². The Balaban J connectivity index is 2.04. The van der Waals surface area contributed by atoms with Gasteiger partial charge in [-0.05, 0) is 31.6 Å². The van der Waals surface area contributed by atoms with Crippen LogP contribution < -0.4 is 0 Å². The molecule has 0 heterocycles. The molecule has 0 bridgehead atoms. The van der Waals surface area contributed by atoms with Crippen LogP contribution in [0.3, 0.4) is 0 Å². The first-order chi connectivity index (χ1) is 6.68. The predicted molar refractivity (Wildman–Crippen MR) is 50.6 cm³/mol. The Morgan fingerprint density at radius 3 is 2.86 bits per heavy atom. The van der Waals surface area contributed by atoms with E-state index in [1.54, 1.807) is 0 Å². The Hall–Kier alpha value is -0.860. The number of ketones is 1. The van der Waals surface area contributed by atoms with Gasteiger partial charge in [0, 0.05) is 12.8 Å². The number of carbonyl (C=O) groups is 2. The number of Topliss-reactive ketones (excluding diaryl/α,β-unsaturated/α-hetero) is 1. The molecular weight excluding hydrogens is 180 g/mol. The van der Waals surface area contributed by atoms with E-state index in [-0.39, 0.29) is 17.3 Å². The minimum atomic E-state index is -0.0856. The summed E-state index contributed by atoms with van der Waals surface area (Å²) in [6.07, 6.45) is 3.93. The second-order valence-electron chi connectivity index (χ2n) is 4.42. The molecule has 3 heteroatoms. The molecule has 78 valence electrons. The maximum atomic E-state index is 11.6. The van der Waals surface area contributed by atoms with Gasteiger partial charge in [0.15, 0.2) is 0 Å². The number of esters is 1. The van der Waals surface area contributed by atoms with Crippen LogP contribution >= 0.6 is 0 Å². The van der Waals surface area contributed by atoms with Gasteiger partial charge in [-0.2, -0.15) is 0 Å². The van der Waals surface area contributed by atoms with Crippen molar-refractivity contribution in [1.29, 1.82) is 0 Å². The summed E-state index contributed by atoms with van der Waals surface area (Å²) in [4.78, 5) is 22.9. The zero-order valence-corrected chi connectivity index (χ0v) is 8.54. The van der Waals surface area contributed by atoms with Crippen molar-refractivity contribution >= 4 is 11.8 Å². The summed E-state index contributed by atoms with van der Waals surface area (Å²) in [6.45, 7) is 2.27. The van der Waals surface area contributed by atoms with Gasteiger partial charge < -0.3 is 4.74 Å². The smallest absolute Gasteiger partial charge is 0.309 e. The van der Waals surface area contributed by atoms with Crippen LogP contribution in [0.2, 0.25) is 0 Å². The number of ether oxygens (including phenoxy) is 1. The fourth-order valence-electron chi connectivity index (χ4n) is 2.51. The van der Waals surface area contributed by atoms with Gasteiger partial charge in [0.05, 0.1) is 12.5 Å². The molecule has 2 fully saturated rings. The molecule has 1 spiro atoms. The zero-order chi connectivity index (χ0) is 10.2. The standard InChI is InChI=1S/C11H16O3/c1-2-14-10(13)9-4-3-8(12)7-11(9)5-6-11/h9H,2-7H2,1H3/t9-/m1/s1. The Kier molecular flexibility index (Phi) is 2.33. The highest BCUT2D eigenvalue weighted by molar-refractivity contribution is 5.84. The van der Waals surface area contributed by atoms with Gasteiger partial charge in [0.25, 0.3) is 0 Å². The summed E-state index contributed by atoms with van der Waals surface area (Å²) < 4.78 is 5.04. The molecule has 0 aliphatic heterocycles. The Morgan fingerprint density at radius 2 is 2.29 bits per heavy atom. The van der Waals surface area contributed by atoms with E-state index < -0.39 is 0 Å². The highest BCUT2D eigenvalue weighted by Crippen LogP contribution is 2.58. The molecule has 0 unspecified atom stereocenters. The molecule has 14 heavy (non-hydrogen) atoms. The summed E-state index contributed by atoms with van der Waals surface area (Å²) in [5.74, 6) is 0.237. The molecule has 0 N–H and O–H groups in total. The molecule has 0 saturated heterocycles. The first kappa shape index (κ1) is 9.69. The second-order valence-corrected chi connectivity index (χ2v) is 4.42. The van der Waals surface area contributed by atoms with Crippen molar-refractivity contribution < 1.29 is 14.3 Å². The fourth-order valence-corrected chi connectivity index (χ4v) is 2.51. The molecule has 0 aromatic heterocycles.